The molecule has 1 atom stereocenters. The first-order valence-electron chi connectivity index (χ1n) is 25.5. The molecule has 1 unspecified atom stereocenters. The average molecular weight is 1450 g/mol. The van der Waals surface area contributed by atoms with Gasteiger partial charge in [0.15, 0.2) is 46.7 Å². The number of likely N-dealkylation sites (N-methyl/N-ethyl adjacent to an activating group) is 5. The van der Waals surface area contributed by atoms with Crippen LogP contribution in [0.3, 0.4) is 0 Å². The van der Waals surface area contributed by atoms with Crippen LogP contribution in [0.5, 0.6) is 0 Å². The Morgan fingerprint density at radius 1 is 0.507 bits per heavy atom. The average Bonchev–Trinajstić information content (AvgIpc) is 3.33. The van der Waals surface area contributed by atoms with E-state index in [2.05, 4.69) is 247 Å². The molecule has 5 aliphatic heterocycles. The van der Waals surface area contributed by atoms with Crippen LogP contribution in [0.4, 0.5) is 0 Å². The van der Waals surface area contributed by atoms with E-state index < -0.39 is 10.2 Å². The summed E-state index contributed by atoms with van der Waals surface area (Å²) in [5.41, 5.74) is 19.3. The lowest BCUT2D eigenvalue weighted by molar-refractivity contribution is -2.00. The molecule has 5 heterocycles. The molecular weight excluding hydrogens is 1360 g/mol. The van der Waals surface area contributed by atoms with Gasteiger partial charge in [-0.15, -0.1) is 10.2 Å². The Bertz CT molecular complexity index is 2790. The lowest BCUT2D eigenvalue weighted by Crippen LogP contribution is -3.00. The normalized spacial score (nSPS) is 16.8. The zero-order chi connectivity index (χ0) is 52.1. The molecule has 0 aliphatic carbocycles. The molecule has 0 fully saturated rings. The lowest BCUT2D eigenvalue weighted by atomic mass is 9.88. The molecule has 0 saturated heterocycles. The maximum Gasteiger partial charge on any atom is 0.180 e. The minimum Gasteiger partial charge on any atom is -1.00 e. The molecule has 14 heteroatoms. The van der Waals surface area contributed by atoms with E-state index in [-0.39, 0.29) is 100.0 Å². The summed E-state index contributed by atoms with van der Waals surface area (Å²) in [6.07, 6.45) is 10.4. The van der Waals surface area contributed by atoms with Crippen LogP contribution in [0.15, 0.2) is 121 Å². The Hall–Kier alpha value is -2.75. The first-order chi connectivity index (χ1) is 33.6. The fourth-order valence-corrected chi connectivity index (χ4v) is 10.4. The van der Waals surface area contributed by atoms with Crippen molar-refractivity contribution in [2.45, 2.75) is 125 Å². The zero-order valence-corrected chi connectivity index (χ0v) is 55.4. The number of hydrogen-bond acceptors (Lipinski definition) is 4. The predicted molar refractivity (Wildman–Crippen MR) is 283 cm³/mol. The quantitative estimate of drug-likeness (QED) is 0.133. The van der Waals surface area contributed by atoms with Gasteiger partial charge in [-0.2, -0.15) is 0 Å². The van der Waals surface area contributed by atoms with E-state index in [1.54, 1.807) is 0 Å². The summed E-state index contributed by atoms with van der Waals surface area (Å²) in [6.45, 7) is 30.5. The van der Waals surface area contributed by atoms with Gasteiger partial charge in [0, 0.05) is 108 Å². The molecule has 0 N–H and O–H groups in total. The van der Waals surface area contributed by atoms with Gasteiger partial charge >= 0.3 is 0 Å². The number of nitrogens with zero attached hydrogens (tertiary/aromatic N) is 5. The van der Waals surface area contributed by atoms with Crippen LogP contribution >= 0.6 is 0 Å². The van der Waals surface area contributed by atoms with Crippen molar-refractivity contribution in [1.29, 1.82) is 0 Å². The maximum atomic E-state index is 8.49. The first-order valence-corrected chi connectivity index (χ1v) is 26.8. The smallest absolute Gasteiger partial charge is 0.180 e. The minimum absolute atomic E-state index is 0. The van der Waals surface area contributed by atoms with Gasteiger partial charge in [0.05, 0.1) is 0 Å². The molecular formula is C61H82BrClI3N5O4. The van der Waals surface area contributed by atoms with Crippen LogP contribution in [-0.4, -0.2) is 116 Å². The molecule has 10 rings (SSSR count). The fourth-order valence-electron chi connectivity index (χ4n) is 10.4. The fraction of sp³-hybridized carbons (Fsp3) is 0.426. The molecule has 5 aromatic rings. The Labute approximate surface area is 514 Å². The molecule has 0 aromatic heterocycles. The Kier molecular flexibility index (Phi) is 30.3. The van der Waals surface area contributed by atoms with Gasteiger partial charge in [-0.1, -0.05) is 91.0 Å². The van der Waals surface area contributed by atoms with Gasteiger partial charge in [-0.3, -0.25) is 0 Å². The molecule has 0 bridgehead atoms. The third-order valence-electron chi connectivity index (χ3n) is 14.9. The van der Waals surface area contributed by atoms with Gasteiger partial charge in [0.1, 0.15) is 46.8 Å². The van der Waals surface area contributed by atoms with E-state index >= 15 is 0 Å². The lowest BCUT2D eigenvalue weighted by Gasteiger charge is -2.27. The van der Waals surface area contributed by atoms with Crippen LogP contribution in [0.25, 0.3) is 0 Å². The van der Waals surface area contributed by atoms with Crippen LogP contribution in [0.2, 0.25) is 0 Å². The molecule has 5 aliphatic rings. The van der Waals surface area contributed by atoms with Crippen molar-refractivity contribution in [2.75, 3.05) is 46.8 Å². The molecule has 0 amide bonds. The van der Waals surface area contributed by atoms with Crippen LogP contribution in [0.1, 0.15) is 132 Å². The number of halogens is 5. The number of rotatable bonds is 3. The van der Waals surface area contributed by atoms with Crippen molar-refractivity contribution in [1.82, 2.24) is 0 Å². The summed E-state index contributed by atoms with van der Waals surface area (Å²) in [5.74, 6) is 0. The first kappa shape index (κ1) is 70.3. The van der Waals surface area contributed by atoms with Gasteiger partial charge < -0.3 is 88.9 Å². The van der Waals surface area contributed by atoms with Gasteiger partial charge in [-0.05, 0) is 85.8 Å². The Morgan fingerprint density at radius 2 is 0.907 bits per heavy atom. The molecule has 5 aromatic carbocycles. The van der Waals surface area contributed by atoms with Gasteiger partial charge in [0.2, 0.25) is 0 Å². The summed E-state index contributed by atoms with van der Waals surface area (Å²) in [7, 11) is -0.638. The second-order valence-electron chi connectivity index (χ2n) is 20.5. The summed E-state index contributed by atoms with van der Waals surface area (Å²) in [5, 5.41) is 0. The Morgan fingerprint density at radius 3 is 1.39 bits per heavy atom. The summed E-state index contributed by atoms with van der Waals surface area (Å²) in [4.78, 5) is 0. The second-order valence-corrected chi connectivity index (χ2v) is 21.2. The topological polar surface area (TPSA) is 107 Å². The van der Waals surface area contributed by atoms with Crippen LogP contribution in [-0.2, 0) is 32.1 Å². The molecule has 410 valence electrons. The molecule has 0 radical (unpaired) electrons. The molecule has 9 nitrogen and oxygen atoms in total. The van der Waals surface area contributed by atoms with Crippen molar-refractivity contribution < 1.29 is 141 Å². The highest BCUT2D eigenvalue weighted by Gasteiger charge is 2.34. The molecule has 0 spiro atoms. The van der Waals surface area contributed by atoms with E-state index in [4.69, 9.17) is 18.6 Å². The maximum absolute atomic E-state index is 8.49. The van der Waals surface area contributed by atoms with Crippen molar-refractivity contribution in [3.8, 4) is 0 Å². The monoisotopic (exact) mass is 1440 g/mol. The zero-order valence-electron chi connectivity index (χ0n) is 46.6. The molecule has 0 saturated carbocycles. The van der Waals surface area contributed by atoms with E-state index in [0.717, 1.165) is 39.0 Å². The highest BCUT2D eigenvalue weighted by Crippen LogP contribution is 2.25. The van der Waals surface area contributed by atoms with E-state index in [0.29, 0.717) is 6.04 Å². The van der Waals surface area contributed by atoms with E-state index in [1.807, 2.05) is 0 Å². The van der Waals surface area contributed by atoms with Crippen LogP contribution < -0.4 is 108 Å². The van der Waals surface area contributed by atoms with E-state index in [9.17, 15) is 0 Å². The van der Waals surface area contributed by atoms with E-state index in [1.165, 1.54) is 98.6 Å². The largest absolute Gasteiger partial charge is 1.00 e. The van der Waals surface area contributed by atoms with Crippen molar-refractivity contribution >= 4 is 29.6 Å². The van der Waals surface area contributed by atoms with Crippen LogP contribution in [0, 0.1) is 10.2 Å². The molecule has 75 heavy (non-hydrogen) atoms. The minimum atomic E-state index is -4.94. The van der Waals surface area contributed by atoms with Crippen molar-refractivity contribution in [3.05, 3.63) is 177 Å². The SMILES string of the molecule is CC1=[N+](C)CCc2ccccc21.CC[N+]1=C(C)c2ccccc2CC1.CC[N+]1=C(C)c2ccccc2CC1C.CC[N+]1=Cc2ccccc2CC1(C)C.C[N+]1=Cc2ccccc2CC1(C)C.[Br-].[I-].[I-].[I-].[O-][Cl+3]([O-])([O-])[O-]. The number of fused-ring (bicyclic) bond motifs is 5. The highest BCUT2D eigenvalue weighted by atomic mass is 127. The summed E-state index contributed by atoms with van der Waals surface area (Å²) >= 11 is 0. The Balaban J connectivity index is 0.000000453. The van der Waals surface area contributed by atoms with Crippen molar-refractivity contribution in [3.63, 3.8) is 0 Å². The predicted octanol–water partition coefficient (Wildman–Crippen LogP) is -5.93. The third-order valence-corrected chi connectivity index (χ3v) is 14.9. The number of hydrogen-bond donors (Lipinski definition) is 0. The van der Waals surface area contributed by atoms with Crippen molar-refractivity contribution in [2.24, 2.45) is 0 Å². The second kappa shape index (κ2) is 32.4. The third kappa shape index (κ3) is 20.1. The van der Waals surface area contributed by atoms with Gasteiger partial charge in [0.25, 0.3) is 0 Å². The standard InChI is InChI=1S/2C13H18N.2C12H16N.C11H14N.BrH.ClHO4.3HI/c1-4-14-10-12-8-6-5-7-11(12)9-13(14,2)3;1-4-14-10(2)9-12-7-5-6-8-13(12)11(14)3;1-12(2)8-10-6-4-5-7-11(10)9-13(12)3;1-3-13-9-8-11-6-4-5-7-12(11)10(13)2;1-9-11-6-4-3-5-10(11)7-8-12(9)2;;2-1(3,4)5;;;/h2*5-8,10H,4,9H2,1-3H3;4-7,9H,8H2,1-3H3;4-7H,3,8-9H2,1-2H3;3-6H,7-8H2,1-2H3;1H;(H,2,3,4,5);3*1H/q5*+1;;;;;/p-5. The van der Waals surface area contributed by atoms with Gasteiger partial charge in [-0.25, -0.2) is 41.5 Å². The summed E-state index contributed by atoms with van der Waals surface area (Å²) in [6, 6.07) is 44.1. The summed E-state index contributed by atoms with van der Waals surface area (Å²) < 4.78 is 46.0. The highest BCUT2D eigenvalue weighted by molar-refractivity contribution is 5.98. The number of benzene rings is 5.